The molecule has 8 heteroatoms. The number of thiazole rings is 1. The van der Waals surface area contributed by atoms with E-state index < -0.39 is 5.97 Å². The summed E-state index contributed by atoms with van der Waals surface area (Å²) >= 11 is 4.59. The molecule has 0 aliphatic heterocycles. The van der Waals surface area contributed by atoms with Crippen LogP contribution in [0.2, 0.25) is 0 Å². The number of carboxylic acids is 1. The van der Waals surface area contributed by atoms with Gasteiger partial charge in [0.2, 0.25) is 0 Å². The van der Waals surface area contributed by atoms with Gasteiger partial charge in [-0.3, -0.25) is 10.1 Å². The second-order valence-electron chi connectivity index (χ2n) is 4.79. The van der Waals surface area contributed by atoms with Gasteiger partial charge in [-0.15, -0.1) is 0 Å². The molecule has 6 nitrogen and oxygen atoms in total. The summed E-state index contributed by atoms with van der Waals surface area (Å²) in [6, 6.07) is -0.346. The zero-order valence-corrected chi connectivity index (χ0v) is 13.2. The molecule has 1 heterocycles. The van der Waals surface area contributed by atoms with E-state index in [0.29, 0.717) is 18.1 Å². The number of anilines is 1. The van der Waals surface area contributed by atoms with Gasteiger partial charge in [-0.2, -0.15) is 0 Å². The molecule has 1 aromatic rings. The average Bonchev–Trinajstić information content (AvgIpc) is 2.82. The quantitative estimate of drug-likeness (QED) is 0.768. The van der Waals surface area contributed by atoms with Gasteiger partial charge in [-0.1, -0.05) is 24.2 Å². The maximum atomic E-state index is 11.7. The second kappa shape index (κ2) is 7.03. The number of nitrogens with zero attached hydrogens (tertiary/aromatic N) is 1. The number of hydrogen-bond acceptors (Lipinski definition) is 4. The van der Waals surface area contributed by atoms with Gasteiger partial charge in [0.15, 0.2) is 5.13 Å². The molecule has 2 amide bonds. The largest absolute Gasteiger partial charge is 0.481 e. The van der Waals surface area contributed by atoms with Crippen LogP contribution in [0.5, 0.6) is 0 Å². The number of aliphatic carboxylic acids is 1. The van der Waals surface area contributed by atoms with E-state index in [4.69, 9.17) is 5.11 Å². The first kappa shape index (κ1) is 15.2. The van der Waals surface area contributed by atoms with Crippen molar-refractivity contribution in [3.8, 4) is 0 Å². The zero-order chi connectivity index (χ0) is 14.5. The van der Waals surface area contributed by atoms with Crippen molar-refractivity contribution in [2.75, 3.05) is 11.9 Å². The van der Waals surface area contributed by atoms with Crippen LogP contribution in [0.3, 0.4) is 0 Å². The first-order chi connectivity index (χ1) is 9.56. The summed E-state index contributed by atoms with van der Waals surface area (Å²) in [4.78, 5) is 26.9. The number of hydrogen-bond donors (Lipinski definition) is 3. The highest BCUT2D eigenvalue weighted by Gasteiger charge is 2.30. The smallest absolute Gasteiger partial charge is 0.321 e. The van der Waals surface area contributed by atoms with Gasteiger partial charge in [-0.25, -0.2) is 9.78 Å². The Hall–Kier alpha value is -1.15. The van der Waals surface area contributed by atoms with Gasteiger partial charge in [0.25, 0.3) is 0 Å². The van der Waals surface area contributed by atoms with Crippen molar-refractivity contribution in [3.05, 3.63) is 9.98 Å². The van der Waals surface area contributed by atoms with Gasteiger partial charge in [-0.05, 0) is 34.7 Å². The van der Waals surface area contributed by atoms with E-state index in [9.17, 15) is 9.59 Å². The lowest BCUT2D eigenvalue weighted by Gasteiger charge is -2.28. The van der Waals surface area contributed by atoms with Crippen LogP contribution in [-0.2, 0) is 4.79 Å². The lowest BCUT2D eigenvalue weighted by atomic mass is 9.79. The molecule has 0 radical (unpaired) electrons. The third-order valence-corrected chi connectivity index (χ3v) is 4.84. The molecular weight excluding hydrogens is 346 g/mol. The molecule has 2 rings (SSSR count). The van der Waals surface area contributed by atoms with Gasteiger partial charge in [0.1, 0.15) is 0 Å². The van der Waals surface area contributed by atoms with Crippen LogP contribution in [0.15, 0.2) is 9.98 Å². The standard InChI is InChI=1S/C12H16BrN3O3S/c13-9-6-15-12(20-9)16-11(19)14-5-7-3-1-2-4-8(7)10(17)18/h6-8H,1-5H2,(H,17,18)(H2,14,15,16,19). The second-order valence-corrected chi connectivity index (χ2v) is 7.20. The van der Waals surface area contributed by atoms with E-state index >= 15 is 0 Å². The van der Waals surface area contributed by atoms with Crippen LogP contribution in [0.4, 0.5) is 9.93 Å². The molecule has 20 heavy (non-hydrogen) atoms. The minimum Gasteiger partial charge on any atom is -0.481 e. The van der Waals surface area contributed by atoms with Gasteiger partial charge in [0.05, 0.1) is 15.9 Å². The zero-order valence-electron chi connectivity index (χ0n) is 10.8. The molecule has 3 N–H and O–H groups in total. The molecule has 1 aliphatic carbocycles. The Morgan fingerprint density at radius 2 is 2.20 bits per heavy atom. The monoisotopic (exact) mass is 361 g/mol. The number of aromatic nitrogens is 1. The number of rotatable bonds is 4. The fraction of sp³-hybridized carbons (Fsp3) is 0.583. The number of carbonyl (C=O) groups is 2. The highest BCUT2D eigenvalue weighted by atomic mass is 79.9. The van der Waals surface area contributed by atoms with Crippen LogP contribution >= 0.6 is 27.3 Å². The minimum absolute atomic E-state index is 0.00929. The number of halogens is 1. The average molecular weight is 362 g/mol. The molecule has 1 aliphatic rings. The fourth-order valence-corrected chi connectivity index (χ4v) is 3.56. The number of carbonyl (C=O) groups excluding carboxylic acids is 1. The van der Waals surface area contributed by atoms with Crippen molar-refractivity contribution in [2.24, 2.45) is 11.8 Å². The Labute approximate surface area is 129 Å². The fourth-order valence-electron chi connectivity index (χ4n) is 2.45. The van der Waals surface area contributed by atoms with Crippen molar-refractivity contribution in [1.82, 2.24) is 10.3 Å². The van der Waals surface area contributed by atoms with Gasteiger partial charge < -0.3 is 10.4 Å². The lowest BCUT2D eigenvalue weighted by Crippen LogP contribution is -2.38. The third kappa shape index (κ3) is 4.17. The number of amides is 2. The number of nitrogens with one attached hydrogen (secondary N) is 2. The lowest BCUT2D eigenvalue weighted by molar-refractivity contribution is -0.144. The number of urea groups is 1. The van der Waals surface area contributed by atoms with Crippen molar-refractivity contribution in [3.63, 3.8) is 0 Å². The van der Waals surface area contributed by atoms with Crippen LogP contribution in [-0.4, -0.2) is 28.6 Å². The van der Waals surface area contributed by atoms with E-state index in [1.807, 2.05) is 0 Å². The molecule has 0 spiro atoms. The predicted molar refractivity (Wildman–Crippen MR) is 79.9 cm³/mol. The van der Waals surface area contributed by atoms with Crippen LogP contribution < -0.4 is 10.6 Å². The Balaban J connectivity index is 1.81. The summed E-state index contributed by atoms with van der Waals surface area (Å²) in [6.45, 7) is 0.384. The maximum Gasteiger partial charge on any atom is 0.321 e. The highest BCUT2D eigenvalue weighted by molar-refractivity contribution is 9.11. The van der Waals surface area contributed by atoms with Crippen LogP contribution in [0, 0.1) is 11.8 Å². The molecule has 0 bridgehead atoms. The molecule has 2 atom stereocenters. The van der Waals surface area contributed by atoms with E-state index in [0.717, 1.165) is 23.0 Å². The minimum atomic E-state index is -0.763. The normalized spacial score (nSPS) is 22.2. The summed E-state index contributed by atoms with van der Waals surface area (Å²) in [5, 5.41) is 15.0. The highest BCUT2D eigenvalue weighted by Crippen LogP contribution is 2.29. The van der Waals surface area contributed by atoms with Crippen LogP contribution in [0.1, 0.15) is 25.7 Å². The van der Waals surface area contributed by atoms with Crippen molar-refractivity contribution < 1.29 is 14.7 Å². The van der Waals surface area contributed by atoms with Crippen molar-refractivity contribution in [1.29, 1.82) is 0 Å². The van der Waals surface area contributed by atoms with Crippen molar-refractivity contribution >= 4 is 44.4 Å². The molecule has 1 aromatic heterocycles. The Bertz CT molecular complexity index is 494. The van der Waals surface area contributed by atoms with E-state index in [1.165, 1.54) is 11.3 Å². The molecule has 0 aromatic carbocycles. The third-order valence-electron chi connectivity index (χ3n) is 3.45. The Morgan fingerprint density at radius 3 is 2.85 bits per heavy atom. The van der Waals surface area contributed by atoms with Crippen LogP contribution in [0.25, 0.3) is 0 Å². The van der Waals surface area contributed by atoms with Gasteiger partial charge >= 0.3 is 12.0 Å². The van der Waals surface area contributed by atoms with E-state index in [1.54, 1.807) is 6.20 Å². The first-order valence-electron chi connectivity index (χ1n) is 6.45. The summed E-state index contributed by atoms with van der Waals surface area (Å²) in [5.74, 6) is -1.10. The molecule has 1 saturated carbocycles. The summed E-state index contributed by atoms with van der Waals surface area (Å²) in [6.07, 6.45) is 5.13. The topological polar surface area (TPSA) is 91.3 Å². The van der Waals surface area contributed by atoms with Gasteiger partial charge in [0, 0.05) is 6.54 Å². The van der Waals surface area contributed by atoms with E-state index in [-0.39, 0.29) is 17.9 Å². The summed E-state index contributed by atoms with van der Waals surface area (Å²) in [7, 11) is 0. The SMILES string of the molecule is O=C(NCC1CCCCC1C(=O)O)Nc1ncc(Br)s1. The predicted octanol–water partition coefficient (Wildman–Crippen LogP) is 2.92. The van der Waals surface area contributed by atoms with Crippen molar-refractivity contribution in [2.45, 2.75) is 25.7 Å². The molecule has 1 fully saturated rings. The molecule has 0 saturated heterocycles. The Morgan fingerprint density at radius 1 is 1.45 bits per heavy atom. The molecule has 110 valence electrons. The molecule has 2 unspecified atom stereocenters. The maximum absolute atomic E-state index is 11.7. The first-order valence-corrected chi connectivity index (χ1v) is 8.06. The summed E-state index contributed by atoms with van der Waals surface area (Å²) < 4.78 is 0.839. The Kier molecular flexibility index (Phi) is 5.36. The summed E-state index contributed by atoms with van der Waals surface area (Å²) in [5.41, 5.74) is 0. The molecular formula is C12H16BrN3O3S. The van der Waals surface area contributed by atoms with E-state index in [2.05, 4.69) is 31.5 Å². The number of carboxylic acid groups (broad SMARTS) is 1.